The molecule has 0 aromatic carbocycles. The van der Waals surface area contributed by atoms with Crippen molar-refractivity contribution < 1.29 is 4.74 Å². The Bertz CT molecular complexity index is 367. The van der Waals surface area contributed by atoms with Gasteiger partial charge in [-0.1, -0.05) is 38.5 Å². The van der Waals surface area contributed by atoms with Crippen molar-refractivity contribution in [2.45, 2.75) is 63.8 Å². The molecule has 1 aromatic heterocycles. The Morgan fingerprint density at radius 1 is 1.42 bits per heavy atom. The normalized spacial score (nSPS) is 23.7. The minimum atomic E-state index is 0.490. The topological polar surface area (TPSA) is 27.1 Å². The van der Waals surface area contributed by atoms with E-state index in [0.717, 1.165) is 36.4 Å². The van der Waals surface area contributed by atoms with Gasteiger partial charge in [0.25, 0.3) is 0 Å². The number of rotatable bonds is 7. The number of aryl methyl sites for hydroxylation is 1. The number of imidazole rings is 1. The van der Waals surface area contributed by atoms with Crippen LogP contribution in [0, 0.1) is 5.92 Å². The van der Waals surface area contributed by atoms with Crippen LogP contribution in [0.1, 0.15) is 46.0 Å². The zero-order valence-electron chi connectivity index (χ0n) is 12.2. The lowest BCUT2D eigenvalue weighted by atomic mass is 9.88. The van der Waals surface area contributed by atoms with Gasteiger partial charge in [-0.05, 0) is 25.2 Å². The number of thioether (sulfide) groups is 1. The molecule has 0 amide bonds. The first-order valence-electron chi connectivity index (χ1n) is 7.56. The van der Waals surface area contributed by atoms with E-state index in [9.17, 15) is 0 Å². The maximum absolute atomic E-state index is 6.04. The molecule has 1 saturated carbocycles. The standard InChI is InChI=1S/C15H26N2OS/c1-3-9-17-10-8-16-15(17)19-12-11-18-14-7-5-4-6-13(14)2/h8,10,13-14H,3-7,9,11-12H2,1-2H3/t13-,14+/m0/s1. The highest BCUT2D eigenvalue weighted by atomic mass is 32.2. The van der Waals surface area contributed by atoms with Gasteiger partial charge >= 0.3 is 0 Å². The first kappa shape index (κ1) is 14.9. The summed E-state index contributed by atoms with van der Waals surface area (Å²) in [5.41, 5.74) is 0. The summed E-state index contributed by atoms with van der Waals surface area (Å²) in [6, 6.07) is 0. The lowest BCUT2D eigenvalue weighted by Crippen LogP contribution is -2.26. The van der Waals surface area contributed by atoms with Crippen LogP contribution >= 0.6 is 11.8 Å². The Labute approximate surface area is 121 Å². The molecule has 3 nitrogen and oxygen atoms in total. The zero-order valence-corrected chi connectivity index (χ0v) is 13.0. The van der Waals surface area contributed by atoms with Crippen LogP contribution in [0.2, 0.25) is 0 Å². The van der Waals surface area contributed by atoms with Crippen molar-refractivity contribution in [3.8, 4) is 0 Å². The van der Waals surface area contributed by atoms with Crippen LogP contribution in [0.4, 0.5) is 0 Å². The quantitative estimate of drug-likeness (QED) is 0.559. The van der Waals surface area contributed by atoms with Gasteiger partial charge in [0.1, 0.15) is 0 Å². The molecule has 2 atom stereocenters. The van der Waals surface area contributed by atoms with E-state index < -0.39 is 0 Å². The number of nitrogens with zero attached hydrogens (tertiary/aromatic N) is 2. The average molecular weight is 282 g/mol. The largest absolute Gasteiger partial charge is 0.377 e. The summed E-state index contributed by atoms with van der Waals surface area (Å²) in [5, 5.41) is 1.13. The maximum Gasteiger partial charge on any atom is 0.168 e. The van der Waals surface area contributed by atoms with E-state index in [1.807, 2.05) is 18.0 Å². The molecule has 0 aliphatic heterocycles. The lowest BCUT2D eigenvalue weighted by Gasteiger charge is -2.28. The van der Waals surface area contributed by atoms with Crippen LogP contribution < -0.4 is 0 Å². The van der Waals surface area contributed by atoms with Gasteiger partial charge in [0, 0.05) is 24.7 Å². The van der Waals surface area contributed by atoms with Crippen molar-refractivity contribution in [1.29, 1.82) is 0 Å². The highest BCUT2D eigenvalue weighted by molar-refractivity contribution is 7.99. The van der Waals surface area contributed by atoms with Crippen molar-refractivity contribution in [2.75, 3.05) is 12.4 Å². The monoisotopic (exact) mass is 282 g/mol. The van der Waals surface area contributed by atoms with Crippen molar-refractivity contribution in [2.24, 2.45) is 5.92 Å². The fourth-order valence-corrected chi connectivity index (χ4v) is 3.52. The lowest BCUT2D eigenvalue weighted by molar-refractivity contribution is 0.00345. The van der Waals surface area contributed by atoms with Gasteiger partial charge in [0.05, 0.1) is 12.7 Å². The molecule has 2 rings (SSSR count). The molecule has 0 spiro atoms. The van der Waals surface area contributed by atoms with Crippen LogP contribution in [0.5, 0.6) is 0 Å². The first-order chi connectivity index (χ1) is 9.31. The molecule has 1 aromatic rings. The SMILES string of the molecule is CCCn1ccnc1SCCO[C@@H]1CCCC[C@@H]1C. The summed E-state index contributed by atoms with van der Waals surface area (Å²) in [5.74, 6) is 1.74. The summed E-state index contributed by atoms with van der Waals surface area (Å²) in [6.07, 6.45) is 10.9. The van der Waals surface area contributed by atoms with Gasteiger partial charge in [-0.15, -0.1) is 0 Å². The van der Waals surface area contributed by atoms with Crippen molar-refractivity contribution in [3.63, 3.8) is 0 Å². The van der Waals surface area contributed by atoms with E-state index in [0.29, 0.717) is 6.10 Å². The molecule has 0 bridgehead atoms. The molecule has 0 saturated heterocycles. The highest BCUT2D eigenvalue weighted by Gasteiger charge is 2.21. The van der Waals surface area contributed by atoms with Gasteiger partial charge in [-0.2, -0.15) is 0 Å². The summed E-state index contributed by atoms with van der Waals surface area (Å²) >= 11 is 1.81. The molecule has 0 unspecified atom stereocenters. The van der Waals surface area contributed by atoms with Gasteiger partial charge in [-0.25, -0.2) is 4.98 Å². The Morgan fingerprint density at radius 3 is 3.05 bits per heavy atom. The van der Waals surface area contributed by atoms with Crippen LogP contribution in [-0.4, -0.2) is 28.0 Å². The van der Waals surface area contributed by atoms with E-state index in [-0.39, 0.29) is 0 Å². The predicted molar refractivity (Wildman–Crippen MR) is 80.6 cm³/mol. The van der Waals surface area contributed by atoms with Crippen molar-refractivity contribution in [3.05, 3.63) is 12.4 Å². The molecule has 108 valence electrons. The van der Waals surface area contributed by atoms with Crippen LogP contribution in [-0.2, 0) is 11.3 Å². The maximum atomic E-state index is 6.04. The third-order valence-corrected chi connectivity index (χ3v) is 4.79. The molecule has 19 heavy (non-hydrogen) atoms. The number of ether oxygens (including phenoxy) is 1. The Morgan fingerprint density at radius 2 is 2.26 bits per heavy atom. The minimum Gasteiger partial charge on any atom is -0.377 e. The molecule has 1 aliphatic rings. The average Bonchev–Trinajstić information content (AvgIpc) is 2.85. The second kappa shape index (κ2) is 7.95. The van der Waals surface area contributed by atoms with Crippen LogP contribution in [0.25, 0.3) is 0 Å². The van der Waals surface area contributed by atoms with E-state index in [2.05, 4.69) is 29.6 Å². The van der Waals surface area contributed by atoms with E-state index in [1.165, 1.54) is 25.7 Å². The van der Waals surface area contributed by atoms with Crippen molar-refractivity contribution >= 4 is 11.8 Å². The Kier molecular flexibility index (Phi) is 6.24. The summed E-state index contributed by atoms with van der Waals surface area (Å²) < 4.78 is 8.27. The summed E-state index contributed by atoms with van der Waals surface area (Å²) in [6.45, 7) is 6.43. The third-order valence-electron chi connectivity index (χ3n) is 3.82. The molecule has 4 heteroatoms. The fourth-order valence-electron chi connectivity index (χ4n) is 2.71. The molecular formula is C15H26N2OS. The Balaban J connectivity index is 1.67. The fraction of sp³-hybridized carbons (Fsp3) is 0.800. The van der Waals surface area contributed by atoms with Gasteiger partial charge in [0.2, 0.25) is 0 Å². The van der Waals surface area contributed by atoms with Crippen LogP contribution in [0.15, 0.2) is 17.6 Å². The van der Waals surface area contributed by atoms with Crippen molar-refractivity contribution in [1.82, 2.24) is 9.55 Å². The number of aromatic nitrogens is 2. The number of hydrogen-bond acceptors (Lipinski definition) is 3. The van der Waals surface area contributed by atoms with Gasteiger partial charge in [0.15, 0.2) is 5.16 Å². The van der Waals surface area contributed by atoms with E-state index in [4.69, 9.17) is 4.74 Å². The first-order valence-corrected chi connectivity index (χ1v) is 8.55. The predicted octanol–water partition coefficient (Wildman–Crippen LogP) is 3.98. The minimum absolute atomic E-state index is 0.490. The molecule has 1 aliphatic carbocycles. The van der Waals surface area contributed by atoms with Gasteiger partial charge < -0.3 is 9.30 Å². The Hall–Kier alpha value is -0.480. The van der Waals surface area contributed by atoms with E-state index >= 15 is 0 Å². The third kappa shape index (κ3) is 4.53. The second-order valence-corrected chi connectivity index (χ2v) is 6.48. The molecule has 1 fully saturated rings. The molecule has 0 radical (unpaired) electrons. The van der Waals surface area contributed by atoms with Crippen LogP contribution in [0.3, 0.4) is 0 Å². The second-order valence-electron chi connectivity index (χ2n) is 5.42. The summed E-state index contributed by atoms with van der Waals surface area (Å²) in [7, 11) is 0. The molecule has 0 N–H and O–H groups in total. The van der Waals surface area contributed by atoms with E-state index in [1.54, 1.807) is 0 Å². The highest BCUT2D eigenvalue weighted by Crippen LogP contribution is 2.26. The zero-order chi connectivity index (χ0) is 13.5. The smallest absolute Gasteiger partial charge is 0.168 e. The summed E-state index contributed by atoms with van der Waals surface area (Å²) in [4.78, 5) is 4.40. The number of hydrogen-bond donors (Lipinski definition) is 0. The molecule has 1 heterocycles. The van der Waals surface area contributed by atoms with Gasteiger partial charge in [-0.3, -0.25) is 0 Å². The molecular weight excluding hydrogens is 256 g/mol.